The molecule has 3 aromatic carbocycles. The van der Waals surface area contributed by atoms with Gasteiger partial charge in [0.05, 0.1) is 10.6 Å². The fourth-order valence-electron chi connectivity index (χ4n) is 2.57. The number of primary amides is 1. The van der Waals surface area contributed by atoms with Gasteiger partial charge < -0.3 is 15.8 Å². The van der Waals surface area contributed by atoms with E-state index in [0.29, 0.717) is 27.8 Å². The molecule has 8 heteroatoms. The van der Waals surface area contributed by atoms with E-state index in [0.717, 1.165) is 0 Å². The fourth-order valence-corrected chi connectivity index (χ4v) is 2.74. The second-order valence-electron chi connectivity index (χ2n) is 5.87. The number of nitrogens with two attached hydrogens (primary N) is 1. The Morgan fingerprint density at radius 3 is 2.54 bits per heavy atom. The van der Waals surface area contributed by atoms with E-state index in [4.69, 9.17) is 22.1 Å². The Hall–Kier alpha value is -3.58. The molecule has 0 saturated carbocycles. The van der Waals surface area contributed by atoms with Crippen molar-refractivity contribution >= 4 is 28.9 Å². The number of carbonyl (C=O) groups is 1. The van der Waals surface area contributed by atoms with Crippen LogP contribution in [0.2, 0.25) is 5.02 Å². The predicted octanol–water partition coefficient (Wildman–Crippen LogP) is 4.75. The first-order valence-electron chi connectivity index (χ1n) is 8.27. The molecule has 142 valence electrons. The molecule has 0 aromatic heterocycles. The van der Waals surface area contributed by atoms with E-state index in [-0.39, 0.29) is 17.8 Å². The van der Waals surface area contributed by atoms with E-state index in [2.05, 4.69) is 5.32 Å². The van der Waals surface area contributed by atoms with Gasteiger partial charge in [0, 0.05) is 28.8 Å². The highest BCUT2D eigenvalue weighted by molar-refractivity contribution is 6.30. The van der Waals surface area contributed by atoms with Gasteiger partial charge in [-0.3, -0.25) is 14.9 Å². The number of carbonyl (C=O) groups excluding carboxylic acids is 1. The van der Waals surface area contributed by atoms with Crippen molar-refractivity contribution in [3.63, 3.8) is 0 Å². The summed E-state index contributed by atoms with van der Waals surface area (Å²) in [5.41, 5.74) is 6.04. The van der Waals surface area contributed by atoms with Crippen molar-refractivity contribution < 1.29 is 14.5 Å². The van der Waals surface area contributed by atoms with Crippen molar-refractivity contribution in [2.24, 2.45) is 5.73 Å². The van der Waals surface area contributed by atoms with Crippen molar-refractivity contribution in [1.82, 2.24) is 0 Å². The van der Waals surface area contributed by atoms with Gasteiger partial charge in [-0.1, -0.05) is 29.8 Å². The summed E-state index contributed by atoms with van der Waals surface area (Å²) in [5.74, 6) is 0.438. The second kappa shape index (κ2) is 8.41. The Labute approximate surface area is 165 Å². The molecule has 0 saturated heterocycles. The second-order valence-corrected chi connectivity index (χ2v) is 6.31. The molecule has 0 aliphatic rings. The van der Waals surface area contributed by atoms with Crippen LogP contribution in [0.5, 0.6) is 11.5 Å². The SMILES string of the molecule is NC(=O)c1ccc(CNc2cc(Cl)ccc2Oc2ccccc2)c([N+](=O)[O-])c1. The van der Waals surface area contributed by atoms with E-state index < -0.39 is 10.8 Å². The molecule has 28 heavy (non-hydrogen) atoms. The van der Waals surface area contributed by atoms with Crippen LogP contribution < -0.4 is 15.8 Å². The molecule has 7 nitrogen and oxygen atoms in total. The lowest BCUT2D eigenvalue weighted by Crippen LogP contribution is -2.12. The molecule has 0 radical (unpaired) electrons. The van der Waals surface area contributed by atoms with Crippen LogP contribution in [0.1, 0.15) is 15.9 Å². The maximum Gasteiger partial charge on any atom is 0.275 e. The third kappa shape index (κ3) is 4.57. The smallest absolute Gasteiger partial charge is 0.275 e. The summed E-state index contributed by atoms with van der Waals surface area (Å²) >= 11 is 6.08. The first-order valence-corrected chi connectivity index (χ1v) is 8.65. The minimum absolute atomic E-state index is 0.0753. The van der Waals surface area contributed by atoms with Gasteiger partial charge in [-0.15, -0.1) is 0 Å². The number of nitro groups is 1. The van der Waals surface area contributed by atoms with Gasteiger partial charge in [-0.2, -0.15) is 0 Å². The van der Waals surface area contributed by atoms with Gasteiger partial charge in [-0.25, -0.2) is 0 Å². The topological polar surface area (TPSA) is 107 Å². The van der Waals surface area contributed by atoms with Crippen LogP contribution in [-0.4, -0.2) is 10.8 Å². The van der Waals surface area contributed by atoms with Crippen LogP contribution >= 0.6 is 11.6 Å². The maximum atomic E-state index is 11.4. The largest absolute Gasteiger partial charge is 0.455 e. The lowest BCUT2D eigenvalue weighted by Gasteiger charge is -2.14. The molecule has 0 fully saturated rings. The number of halogens is 1. The number of anilines is 1. The van der Waals surface area contributed by atoms with Crippen LogP contribution in [0.3, 0.4) is 0 Å². The number of hydrogen-bond donors (Lipinski definition) is 2. The maximum absolute atomic E-state index is 11.4. The molecule has 3 N–H and O–H groups in total. The zero-order valence-electron chi connectivity index (χ0n) is 14.6. The van der Waals surface area contributed by atoms with Gasteiger partial charge in [-0.05, 0) is 42.5 Å². The number of benzene rings is 3. The van der Waals surface area contributed by atoms with Crippen molar-refractivity contribution in [2.45, 2.75) is 6.54 Å². The molecular formula is C20H16ClN3O4. The molecule has 0 bridgehead atoms. The molecule has 0 unspecified atom stereocenters. The Kier molecular flexibility index (Phi) is 5.76. The Bertz CT molecular complexity index is 1030. The minimum Gasteiger partial charge on any atom is -0.455 e. The quantitative estimate of drug-likeness (QED) is 0.441. The third-order valence-corrected chi connectivity index (χ3v) is 4.18. The Morgan fingerprint density at radius 1 is 1.11 bits per heavy atom. The van der Waals surface area contributed by atoms with Crippen molar-refractivity contribution in [3.8, 4) is 11.5 Å². The van der Waals surface area contributed by atoms with Crippen molar-refractivity contribution in [1.29, 1.82) is 0 Å². The number of amides is 1. The first-order chi connectivity index (χ1) is 13.4. The molecular weight excluding hydrogens is 382 g/mol. The normalized spacial score (nSPS) is 10.3. The lowest BCUT2D eigenvalue weighted by molar-refractivity contribution is -0.385. The van der Waals surface area contributed by atoms with Crippen LogP contribution in [0, 0.1) is 10.1 Å². The summed E-state index contributed by atoms with van der Waals surface area (Å²) in [7, 11) is 0. The number of rotatable bonds is 7. The molecule has 3 aromatic rings. The predicted molar refractivity (Wildman–Crippen MR) is 107 cm³/mol. The average molecular weight is 398 g/mol. The third-order valence-electron chi connectivity index (χ3n) is 3.95. The van der Waals surface area contributed by atoms with Crippen LogP contribution in [0.15, 0.2) is 66.7 Å². The summed E-state index contributed by atoms with van der Waals surface area (Å²) in [6, 6.07) is 18.4. The highest BCUT2D eigenvalue weighted by Gasteiger charge is 2.17. The van der Waals surface area contributed by atoms with Gasteiger partial charge >= 0.3 is 0 Å². The van der Waals surface area contributed by atoms with Crippen molar-refractivity contribution in [3.05, 3.63) is 93.0 Å². The van der Waals surface area contributed by atoms with Crippen LogP contribution in [0.4, 0.5) is 11.4 Å². The van der Waals surface area contributed by atoms with Crippen molar-refractivity contribution in [2.75, 3.05) is 5.32 Å². The number of nitrogens with one attached hydrogen (secondary N) is 1. The summed E-state index contributed by atoms with van der Waals surface area (Å²) < 4.78 is 5.86. The summed E-state index contributed by atoms with van der Waals surface area (Å²) in [5, 5.41) is 14.9. The number of hydrogen-bond acceptors (Lipinski definition) is 5. The fraction of sp³-hybridized carbons (Fsp3) is 0.0500. The summed E-state index contributed by atoms with van der Waals surface area (Å²) in [6.45, 7) is 0.126. The standard InChI is InChI=1S/C20H16ClN3O4/c21-15-8-9-19(28-16-4-2-1-3-5-16)17(11-15)23-12-14-7-6-13(20(22)25)10-18(14)24(26)27/h1-11,23H,12H2,(H2,22,25). The van der Waals surface area contributed by atoms with Gasteiger partial charge in [0.15, 0.2) is 5.75 Å². The van der Waals surface area contributed by atoms with Crippen LogP contribution in [0.25, 0.3) is 0 Å². The Morgan fingerprint density at radius 2 is 1.86 bits per heavy atom. The zero-order valence-corrected chi connectivity index (χ0v) is 15.3. The van der Waals surface area contributed by atoms with Gasteiger partial charge in [0.25, 0.3) is 5.69 Å². The molecule has 1 amide bonds. The van der Waals surface area contributed by atoms with Gasteiger partial charge in [0.1, 0.15) is 5.75 Å². The number of nitro benzene ring substituents is 1. The minimum atomic E-state index is -0.726. The van der Waals surface area contributed by atoms with E-state index >= 15 is 0 Å². The number of nitrogens with zero attached hydrogens (tertiary/aromatic N) is 1. The average Bonchev–Trinajstić information content (AvgIpc) is 2.68. The van der Waals surface area contributed by atoms with Crippen LogP contribution in [-0.2, 0) is 6.54 Å². The molecule has 0 heterocycles. The highest BCUT2D eigenvalue weighted by atomic mass is 35.5. The van der Waals surface area contributed by atoms with E-state index in [9.17, 15) is 14.9 Å². The summed E-state index contributed by atoms with van der Waals surface area (Å²) in [6.07, 6.45) is 0. The van der Waals surface area contributed by atoms with E-state index in [1.54, 1.807) is 18.2 Å². The molecule has 0 spiro atoms. The monoisotopic (exact) mass is 397 g/mol. The molecule has 0 aliphatic heterocycles. The number of ether oxygens (including phenoxy) is 1. The van der Waals surface area contributed by atoms with E-state index in [1.165, 1.54) is 18.2 Å². The van der Waals surface area contributed by atoms with E-state index in [1.807, 2.05) is 30.3 Å². The highest BCUT2D eigenvalue weighted by Crippen LogP contribution is 2.33. The van der Waals surface area contributed by atoms with Gasteiger partial charge in [0.2, 0.25) is 5.91 Å². The lowest BCUT2D eigenvalue weighted by atomic mass is 10.1. The number of para-hydroxylation sites is 1. The zero-order chi connectivity index (χ0) is 20.1. The molecule has 3 rings (SSSR count). The molecule has 0 atom stereocenters. The summed E-state index contributed by atoms with van der Waals surface area (Å²) in [4.78, 5) is 22.1. The first kappa shape index (κ1) is 19.2. The molecule has 0 aliphatic carbocycles. The Balaban J connectivity index is 1.85.